The molecule has 0 unspecified atom stereocenters. The van der Waals surface area contributed by atoms with E-state index in [1.807, 2.05) is 12.1 Å². The summed E-state index contributed by atoms with van der Waals surface area (Å²) < 4.78 is 30.7. The predicted molar refractivity (Wildman–Crippen MR) is 187 cm³/mol. The molecular formula is C37H39FN6O5. The highest BCUT2D eigenvalue weighted by Gasteiger charge is 2.08. The Balaban J connectivity index is 1.24. The smallest absolute Gasteiger partial charge is 0.330 e. The second kappa shape index (κ2) is 19.0. The number of benzene rings is 4. The first kappa shape index (κ1) is 35.9. The third kappa shape index (κ3) is 12.3. The molecular weight excluding hydrogens is 627 g/mol. The summed E-state index contributed by atoms with van der Waals surface area (Å²) in [5, 5.41) is 18.3. The standard InChI is InChI=1S/C37H39FN6O5/c1-4-6-7-8-9-37(46)49-33-21-14-29(15-22-33)40-39-27-10-12-28(13-11-27)41-42-35-23-18-31(26-34(35)38)44(3)43-30-16-19-32(20-17-30)47-24-25-48-36(45)5-2/h5,10-23,26,43H,2,4,6-9,24-25H2,1,3H3/b40-39+,42-41+. The van der Waals surface area contributed by atoms with E-state index < -0.39 is 11.8 Å². The first-order valence-corrected chi connectivity index (χ1v) is 15.9. The third-order valence-electron chi connectivity index (χ3n) is 6.94. The SMILES string of the molecule is C=CC(=O)OCCOc1ccc(NN(C)c2ccc(/N=N/c3ccc(/N=N/c4ccc(OC(=O)CCCCCC)cc4)cc3)c(F)c2)cc1. The van der Waals surface area contributed by atoms with E-state index in [9.17, 15) is 14.0 Å². The molecule has 1 N–H and O–H groups in total. The maximum absolute atomic E-state index is 14.9. The van der Waals surface area contributed by atoms with Crippen molar-refractivity contribution in [2.24, 2.45) is 20.5 Å². The number of unbranched alkanes of at least 4 members (excludes halogenated alkanes) is 3. The monoisotopic (exact) mass is 666 g/mol. The van der Waals surface area contributed by atoms with Gasteiger partial charge in [-0.15, -0.1) is 5.11 Å². The fourth-order valence-corrected chi connectivity index (χ4v) is 4.30. The zero-order chi connectivity index (χ0) is 34.8. The molecule has 0 saturated heterocycles. The molecule has 49 heavy (non-hydrogen) atoms. The summed E-state index contributed by atoms with van der Waals surface area (Å²) in [7, 11) is 1.76. The lowest BCUT2D eigenvalue weighted by molar-refractivity contribution is -0.138. The van der Waals surface area contributed by atoms with E-state index >= 15 is 0 Å². The lowest BCUT2D eigenvalue weighted by Crippen LogP contribution is -2.24. The zero-order valence-corrected chi connectivity index (χ0v) is 27.5. The van der Waals surface area contributed by atoms with Gasteiger partial charge in [-0.2, -0.15) is 15.3 Å². The summed E-state index contributed by atoms with van der Waals surface area (Å²) in [6, 6.07) is 25.5. The number of nitrogens with one attached hydrogen (secondary N) is 1. The number of azo groups is 2. The van der Waals surface area contributed by atoms with Crippen molar-refractivity contribution >= 4 is 46.1 Å². The minimum atomic E-state index is -0.533. The fraction of sp³-hybridized carbons (Fsp3) is 0.243. The highest BCUT2D eigenvalue weighted by atomic mass is 19.1. The fourth-order valence-electron chi connectivity index (χ4n) is 4.30. The first-order chi connectivity index (χ1) is 23.8. The summed E-state index contributed by atoms with van der Waals surface area (Å²) in [6.45, 7) is 5.80. The van der Waals surface area contributed by atoms with Gasteiger partial charge in [0.15, 0.2) is 5.82 Å². The quantitative estimate of drug-likeness (QED) is 0.0280. The van der Waals surface area contributed by atoms with E-state index in [0.717, 1.165) is 37.4 Å². The van der Waals surface area contributed by atoms with Crippen LogP contribution in [0.3, 0.4) is 0 Å². The molecule has 12 heteroatoms. The molecule has 0 amide bonds. The Bertz CT molecular complexity index is 1730. The van der Waals surface area contributed by atoms with Gasteiger partial charge in [0.2, 0.25) is 0 Å². The Kier molecular flexibility index (Phi) is 14.0. The molecule has 11 nitrogen and oxygen atoms in total. The molecule has 4 aromatic rings. The van der Waals surface area contributed by atoms with E-state index in [2.05, 4.69) is 39.4 Å². The van der Waals surface area contributed by atoms with Crippen LogP contribution in [0.2, 0.25) is 0 Å². The van der Waals surface area contributed by atoms with E-state index in [1.54, 1.807) is 84.9 Å². The van der Waals surface area contributed by atoms with Crippen LogP contribution in [0.5, 0.6) is 11.5 Å². The van der Waals surface area contributed by atoms with Crippen LogP contribution >= 0.6 is 0 Å². The minimum Gasteiger partial charge on any atom is -0.490 e. The Morgan fingerprint density at radius 3 is 2.02 bits per heavy atom. The van der Waals surface area contributed by atoms with Crippen LogP contribution in [-0.2, 0) is 14.3 Å². The van der Waals surface area contributed by atoms with Gasteiger partial charge >= 0.3 is 11.9 Å². The third-order valence-corrected chi connectivity index (χ3v) is 6.94. The minimum absolute atomic E-state index is 0.0896. The van der Waals surface area contributed by atoms with Crippen LogP contribution in [-0.4, -0.2) is 32.2 Å². The van der Waals surface area contributed by atoms with E-state index in [1.165, 1.54) is 6.07 Å². The molecule has 0 aliphatic rings. The molecule has 0 aliphatic heterocycles. The number of nitrogens with zero attached hydrogens (tertiary/aromatic N) is 5. The van der Waals surface area contributed by atoms with Crippen LogP contribution in [0.15, 0.2) is 124 Å². The molecule has 0 heterocycles. The van der Waals surface area contributed by atoms with Crippen LogP contribution in [0.25, 0.3) is 0 Å². The van der Waals surface area contributed by atoms with E-state index in [0.29, 0.717) is 40.7 Å². The highest BCUT2D eigenvalue weighted by Crippen LogP contribution is 2.28. The first-order valence-electron chi connectivity index (χ1n) is 15.9. The normalized spacial score (nSPS) is 11.0. The lowest BCUT2D eigenvalue weighted by Gasteiger charge is -2.22. The number of ether oxygens (including phenoxy) is 3. The van der Waals surface area contributed by atoms with E-state index in [4.69, 9.17) is 14.2 Å². The Morgan fingerprint density at radius 2 is 1.41 bits per heavy atom. The summed E-state index contributed by atoms with van der Waals surface area (Å²) in [6.07, 6.45) is 5.59. The van der Waals surface area contributed by atoms with Crippen molar-refractivity contribution < 1.29 is 28.2 Å². The van der Waals surface area contributed by atoms with Crippen molar-refractivity contribution in [2.75, 3.05) is 30.7 Å². The van der Waals surface area contributed by atoms with Gasteiger partial charge in [-0.25, -0.2) is 9.18 Å². The number of esters is 2. The maximum Gasteiger partial charge on any atom is 0.330 e. The van der Waals surface area contributed by atoms with Crippen LogP contribution in [0.4, 0.5) is 38.5 Å². The maximum atomic E-state index is 14.9. The van der Waals surface area contributed by atoms with Crippen LogP contribution in [0, 0.1) is 5.82 Å². The molecule has 254 valence electrons. The van der Waals surface area contributed by atoms with Gasteiger partial charge in [0, 0.05) is 25.6 Å². The topological polar surface area (TPSA) is 127 Å². The number of carbonyl (C=O) groups is 2. The zero-order valence-electron chi connectivity index (χ0n) is 27.5. The summed E-state index contributed by atoms with van der Waals surface area (Å²) >= 11 is 0. The van der Waals surface area contributed by atoms with Crippen molar-refractivity contribution in [2.45, 2.75) is 39.0 Å². The molecule has 0 aromatic heterocycles. The molecule has 0 radical (unpaired) electrons. The average Bonchev–Trinajstić information content (AvgIpc) is 3.12. The molecule has 0 aliphatic carbocycles. The Labute approximate surface area is 285 Å². The van der Waals surface area contributed by atoms with E-state index in [-0.39, 0.29) is 24.9 Å². The van der Waals surface area contributed by atoms with Gasteiger partial charge in [0.1, 0.15) is 30.4 Å². The van der Waals surface area contributed by atoms with Gasteiger partial charge in [-0.1, -0.05) is 32.8 Å². The largest absolute Gasteiger partial charge is 0.490 e. The summed E-state index contributed by atoms with van der Waals surface area (Å²) in [5.74, 6) is -0.188. The molecule has 0 atom stereocenters. The Hall–Kier alpha value is -5.91. The second-order valence-corrected chi connectivity index (χ2v) is 10.7. The Morgan fingerprint density at radius 1 is 0.796 bits per heavy atom. The van der Waals surface area contributed by atoms with Crippen molar-refractivity contribution in [1.29, 1.82) is 0 Å². The van der Waals surface area contributed by atoms with Crippen molar-refractivity contribution in [3.05, 3.63) is 109 Å². The molecule has 4 rings (SSSR count). The molecule has 0 spiro atoms. The van der Waals surface area contributed by atoms with Gasteiger partial charge < -0.3 is 14.2 Å². The van der Waals surface area contributed by atoms with Crippen LogP contribution < -0.4 is 19.9 Å². The lowest BCUT2D eigenvalue weighted by atomic mass is 10.1. The van der Waals surface area contributed by atoms with Crippen molar-refractivity contribution in [3.63, 3.8) is 0 Å². The number of hydrogen-bond acceptors (Lipinski definition) is 11. The van der Waals surface area contributed by atoms with Gasteiger partial charge in [0.25, 0.3) is 0 Å². The van der Waals surface area contributed by atoms with Gasteiger partial charge in [0.05, 0.1) is 28.4 Å². The number of hydrazine groups is 1. The second-order valence-electron chi connectivity index (χ2n) is 10.7. The van der Waals surface area contributed by atoms with Gasteiger partial charge in [-0.05, 0) is 91.3 Å². The molecule has 0 bridgehead atoms. The predicted octanol–water partition coefficient (Wildman–Crippen LogP) is 10.1. The molecule has 4 aromatic carbocycles. The number of hydrogen-bond donors (Lipinski definition) is 1. The number of rotatable bonds is 18. The van der Waals surface area contributed by atoms with Crippen molar-refractivity contribution in [3.8, 4) is 11.5 Å². The highest BCUT2D eigenvalue weighted by molar-refractivity contribution is 5.81. The number of carbonyl (C=O) groups excluding carboxylic acids is 2. The van der Waals surface area contributed by atoms with Crippen LogP contribution in [0.1, 0.15) is 39.0 Å². The number of halogens is 1. The van der Waals surface area contributed by atoms with Gasteiger partial charge in [-0.3, -0.25) is 15.2 Å². The summed E-state index contributed by atoms with van der Waals surface area (Å²) in [4.78, 5) is 23.1. The summed E-state index contributed by atoms with van der Waals surface area (Å²) in [5.41, 5.74) is 6.31. The van der Waals surface area contributed by atoms with Crippen molar-refractivity contribution in [1.82, 2.24) is 0 Å². The average molecular weight is 667 g/mol. The molecule has 0 saturated carbocycles. The molecule has 0 fully saturated rings. The number of anilines is 2.